The number of rotatable bonds is 7. The molecule has 3 nitrogen and oxygen atoms in total. The van der Waals surface area contributed by atoms with Crippen LogP contribution in [0.25, 0.3) is 0 Å². The maximum atomic E-state index is 12.3. The van der Waals surface area contributed by atoms with Crippen molar-refractivity contribution in [2.24, 2.45) is 18.9 Å². The van der Waals surface area contributed by atoms with Gasteiger partial charge in [0.15, 0.2) is 0 Å². The lowest BCUT2D eigenvalue weighted by atomic mass is 9.77. The van der Waals surface area contributed by atoms with Gasteiger partial charge in [-0.15, -0.1) is 0 Å². The lowest BCUT2D eigenvalue weighted by Crippen LogP contribution is -2.22. The molecule has 1 fully saturated rings. The summed E-state index contributed by atoms with van der Waals surface area (Å²) in [6, 6.07) is 0. The monoisotopic (exact) mass is 276 g/mol. The van der Waals surface area contributed by atoms with Gasteiger partial charge >= 0.3 is 0 Å². The van der Waals surface area contributed by atoms with Crippen molar-refractivity contribution < 1.29 is 4.79 Å². The number of carbonyl (C=O) groups is 1. The molecule has 0 radical (unpaired) electrons. The van der Waals surface area contributed by atoms with Gasteiger partial charge in [0.1, 0.15) is 11.6 Å². The average molecular weight is 276 g/mol. The maximum Gasteiger partial charge on any atom is 0.136 e. The number of unbranched alkanes of at least 4 members (excludes halogenated alkanes) is 1. The molecule has 1 aromatic heterocycles. The predicted octanol–water partition coefficient (Wildman–Crippen LogP) is 3.92. The molecule has 0 spiro atoms. The molecular formula is C17H28N2O. The first kappa shape index (κ1) is 15.3. The van der Waals surface area contributed by atoms with Gasteiger partial charge in [-0.1, -0.05) is 26.2 Å². The van der Waals surface area contributed by atoms with Crippen LogP contribution in [0.1, 0.15) is 64.1 Å². The Hall–Kier alpha value is -1.12. The Kier molecular flexibility index (Phi) is 5.81. The summed E-state index contributed by atoms with van der Waals surface area (Å²) in [5.74, 6) is 2.69. The van der Waals surface area contributed by atoms with E-state index in [1.165, 1.54) is 32.1 Å². The highest BCUT2D eigenvalue weighted by Crippen LogP contribution is 2.32. The van der Waals surface area contributed by atoms with Crippen molar-refractivity contribution in [3.8, 4) is 0 Å². The summed E-state index contributed by atoms with van der Waals surface area (Å²) in [6.45, 7) is 2.26. The van der Waals surface area contributed by atoms with Crippen molar-refractivity contribution in [1.29, 1.82) is 0 Å². The molecule has 1 aliphatic rings. The van der Waals surface area contributed by atoms with Crippen molar-refractivity contribution in [2.45, 2.75) is 64.7 Å². The molecule has 20 heavy (non-hydrogen) atoms. The number of ketones is 1. The Labute approximate surface area is 122 Å². The van der Waals surface area contributed by atoms with E-state index in [0.717, 1.165) is 31.0 Å². The van der Waals surface area contributed by atoms with Crippen LogP contribution in [0.2, 0.25) is 0 Å². The fourth-order valence-electron chi connectivity index (χ4n) is 3.34. The molecular weight excluding hydrogens is 248 g/mol. The van der Waals surface area contributed by atoms with Crippen LogP contribution in [0.5, 0.6) is 0 Å². The smallest absolute Gasteiger partial charge is 0.136 e. The van der Waals surface area contributed by atoms with E-state index in [1.54, 1.807) is 6.20 Å². The average Bonchev–Trinajstić information content (AvgIpc) is 2.88. The molecule has 1 aromatic rings. The van der Waals surface area contributed by atoms with Crippen LogP contribution in [-0.2, 0) is 18.3 Å². The normalized spacial score (nSPS) is 22.9. The standard InChI is InChI=1S/C17H28N2O/c1-3-4-5-14-6-8-15(9-7-14)16(20)10-11-17-18-12-13-19(17)2/h12-15H,3-11H2,1-2H3. The van der Waals surface area contributed by atoms with Gasteiger partial charge in [0.25, 0.3) is 0 Å². The molecule has 0 aliphatic heterocycles. The number of aryl methyl sites for hydroxylation is 2. The molecule has 0 amide bonds. The number of hydrogen-bond donors (Lipinski definition) is 0. The molecule has 0 atom stereocenters. The largest absolute Gasteiger partial charge is 0.338 e. The summed E-state index contributed by atoms with van der Waals surface area (Å²) < 4.78 is 2.01. The minimum Gasteiger partial charge on any atom is -0.338 e. The predicted molar refractivity (Wildman–Crippen MR) is 81.5 cm³/mol. The van der Waals surface area contributed by atoms with E-state index in [2.05, 4.69) is 11.9 Å². The van der Waals surface area contributed by atoms with Crippen LogP contribution in [0, 0.1) is 11.8 Å². The molecule has 1 heterocycles. The first-order valence-corrected chi connectivity index (χ1v) is 8.19. The van der Waals surface area contributed by atoms with Crippen molar-refractivity contribution >= 4 is 5.78 Å². The molecule has 1 saturated carbocycles. The van der Waals surface area contributed by atoms with E-state index in [4.69, 9.17) is 0 Å². The molecule has 1 aliphatic carbocycles. The van der Waals surface area contributed by atoms with Gasteiger partial charge in [-0.25, -0.2) is 4.98 Å². The third-order valence-electron chi connectivity index (χ3n) is 4.78. The Morgan fingerprint density at radius 1 is 1.35 bits per heavy atom. The van der Waals surface area contributed by atoms with Gasteiger partial charge in [0, 0.05) is 38.2 Å². The second-order valence-corrected chi connectivity index (χ2v) is 6.28. The van der Waals surface area contributed by atoms with Gasteiger partial charge in [-0.05, 0) is 31.6 Å². The number of Topliss-reactive ketones (excluding diaryl/α,β-unsaturated/α-hetero) is 1. The number of imidazole rings is 1. The van der Waals surface area contributed by atoms with Gasteiger partial charge in [0.2, 0.25) is 0 Å². The lowest BCUT2D eigenvalue weighted by Gasteiger charge is -2.27. The highest BCUT2D eigenvalue weighted by Gasteiger charge is 2.25. The lowest BCUT2D eigenvalue weighted by molar-refractivity contribution is -0.124. The SMILES string of the molecule is CCCCC1CCC(C(=O)CCc2nccn2C)CC1. The van der Waals surface area contributed by atoms with Gasteiger partial charge in [0.05, 0.1) is 0 Å². The Morgan fingerprint density at radius 3 is 2.70 bits per heavy atom. The van der Waals surface area contributed by atoms with E-state index in [9.17, 15) is 4.79 Å². The van der Waals surface area contributed by atoms with Crippen LogP contribution < -0.4 is 0 Å². The molecule has 3 heteroatoms. The van der Waals surface area contributed by atoms with Crippen LogP contribution in [-0.4, -0.2) is 15.3 Å². The van der Waals surface area contributed by atoms with Crippen LogP contribution in [0.3, 0.4) is 0 Å². The Bertz CT molecular complexity index is 416. The van der Waals surface area contributed by atoms with E-state index in [0.29, 0.717) is 18.1 Å². The summed E-state index contributed by atoms with van der Waals surface area (Å²) in [7, 11) is 1.99. The fourth-order valence-corrected chi connectivity index (χ4v) is 3.34. The molecule has 0 saturated heterocycles. The summed E-state index contributed by atoms with van der Waals surface area (Å²) in [5, 5.41) is 0. The van der Waals surface area contributed by atoms with Gasteiger partial charge in [-0.3, -0.25) is 4.79 Å². The third-order valence-corrected chi connectivity index (χ3v) is 4.78. The summed E-state index contributed by atoms with van der Waals surface area (Å²) in [4.78, 5) is 16.6. The topological polar surface area (TPSA) is 34.9 Å². The maximum absolute atomic E-state index is 12.3. The summed E-state index contributed by atoms with van der Waals surface area (Å²) in [5.41, 5.74) is 0. The number of nitrogens with zero attached hydrogens (tertiary/aromatic N) is 2. The number of carbonyl (C=O) groups excluding carboxylic acids is 1. The van der Waals surface area contributed by atoms with Crippen LogP contribution in [0.15, 0.2) is 12.4 Å². The zero-order chi connectivity index (χ0) is 14.4. The zero-order valence-corrected chi connectivity index (χ0v) is 13.0. The molecule has 0 bridgehead atoms. The fraction of sp³-hybridized carbons (Fsp3) is 0.765. The van der Waals surface area contributed by atoms with Crippen LogP contribution >= 0.6 is 0 Å². The zero-order valence-electron chi connectivity index (χ0n) is 13.0. The summed E-state index contributed by atoms with van der Waals surface area (Å²) >= 11 is 0. The van der Waals surface area contributed by atoms with Crippen molar-refractivity contribution in [1.82, 2.24) is 9.55 Å². The van der Waals surface area contributed by atoms with E-state index < -0.39 is 0 Å². The minimum atomic E-state index is 0.327. The van der Waals surface area contributed by atoms with Crippen molar-refractivity contribution in [2.75, 3.05) is 0 Å². The van der Waals surface area contributed by atoms with E-state index in [1.807, 2.05) is 17.8 Å². The summed E-state index contributed by atoms with van der Waals surface area (Å²) in [6.07, 6.45) is 14.0. The molecule has 2 rings (SSSR count). The van der Waals surface area contributed by atoms with E-state index in [-0.39, 0.29) is 0 Å². The number of hydrogen-bond acceptors (Lipinski definition) is 2. The second kappa shape index (κ2) is 7.61. The Balaban J connectivity index is 1.71. The first-order chi connectivity index (χ1) is 9.70. The first-order valence-electron chi connectivity index (χ1n) is 8.19. The molecule has 0 unspecified atom stereocenters. The van der Waals surface area contributed by atoms with Crippen molar-refractivity contribution in [3.05, 3.63) is 18.2 Å². The molecule has 112 valence electrons. The number of aromatic nitrogens is 2. The van der Waals surface area contributed by atoms with E-state index >= 15 is 0 Å². The molecule has 0 aromatic carbocycles. The highest BCUT2D eigenvalue weighted by molar-refractivity contribution is 5.81. The highest BCUT2D eigenvalue weighted by atomic mass is 16.1. The van der Waals surface area contributed by atoms with Crippen LogP contribution in [0.4, 0.5) is 0 Å². The second-order valence-electron chi connectivity index (χ2n) is 6.28. The van der Waals surface area contributed by atoms with Crippen molar-refractivity contribution in [3.63, 3.8) is 0 Å². The van der Waals surface area contributed by atoms with Gasteiger partial charge < -0.3 is 4.57 Å². The van der Waals surface area contributed by atoms with Gasteiger partial charge in [-0.2, -0.15) is 0 Å². The molecule has 0 N–H and O–H groups in total. The minimum absolute atomic E-state index is 0.327. The quantitative estimate of drug-likeness (QED) is 0.756. The third kappa shape index (κ3) is 4.19. The Morgan fingerprint density at radius 2 is 2.10 bits per heavy atom.